The van der Waals surface area contributed by atoms with Crippen molar-refractivity contribution < 1.29 is 13.2 Å². The summed E-state index contributed by atoms with van der Waals surface area (Å²) in [6.45, 7) is 1.88. The smallest absolute Gasteiger partial charge is 0.169 e. The molecule has 0 aliphatic rings. The molecule has 0 unspecified atom stereocenters. The van der Waals surface area contributed by atoms with Crippen LogP contribution in [0.1, 0.15) is 12.5 Å². The van der Waals surface area contributed by atoms with Gasteiger partial charge in [0, 0.05) is 0 Å². The lowest BCUT2D eigenvalue weighted by Crippen LogP contribution is -1.93. The Morgan fingerprint density at radius 2 is 1.60 bits per heavy atom. The lowest BCUT2D eigenvalue weighted by molar-refractivity contribution is 0.511. The Morgan fingerprint density at radius 3 is 2.27 bits per heavy atom. The maximum atomic E-state index is 13.4. The van der Waals surface area contributed by atoms with E-state index >= 15 is 0 Å². The number of fused-ring (bicyclic) bond motifs is 1. The van der Waals surface area contributed by atoms with Crippen LogP contribution in [0.3, 0.4) is 0 Å². The summed E-state index contributed by atoms with van der Waals surface area (Å²) in [5.74, 6) is -2.85. The van der Waals surface area contributed by atoms with Crippen LogP contribution in [0.2, 0.25) is 0 Å². The van der Waals surface area contributed by atoms with Crippen LogP contribution in [0, 0.1) is 17.5 Å². The molecule has 2 aromatic carbocycles. The molecule has 2 aromatic rings. The van der Waals surface area contributed by atoms with Gasteiger partial charge in [-0.25, -0.2) is 13.2 Å². The molecule has 0 bridgehead atoms. The van der Waals surface area contributed by atoms with Gasteiger partial charge in [0.25, 0.3) is 0 Å². The molecule has 0 radical (unpaired) electrons. The van der Waals surface area contributed by atoms with E-state index in [1.54, 1.807) is 6.07 Å². The molecule has 0 nitrogen and oxygen atoms in total. The summed E-state index contributed by atoms with van der Waals surface area (Å²) in [7, 11) is 0. The van der Waals surface area contributed by atoms with Crippen LogP contribution in [0.4, 0.5) is 13.2 Å². The van der Waals surface area contributed by atoms with Crippen molar-refractivity contribution in [2.75, 3.05) is 0 Å². The molecule has 0 aromatic heterocycles. The lowest BCUT2D eigenvalue weighted by Gasteiger charge is -2.06. The van der Waals surface area contributed by atoms with Crippen LogP contribution in [0.25, 0.3) is 10.8 Å². The number of hydrogen-bond donors (Lipinski definition) is 0. The quantitative estimate of drug-likeness (QED) is 0.671. The Balaban J connectivity index is 2.93. The summed E-state index contributed by atoms with van der Waals surface area (Å²) in [6.07, 6.45) is 0.655. The van der Waals surface area contributed by atoms with Gasteiger partial charge in [-0.3, -0.25) is 0 Å². The third kappa shape index (κ3) is 1.48. The van der Waals surface area contributed by atoms with Gasteiger partial charge in [-0.15, -0.1) is 0 Å². The highest BCUT2D eigenvalue weighted by Gasteiger charge is 2.13. The summed E-state index contributed by atoms with van der Waals surface area (Å²) < 4.78 is 39.6. The molecule has 15 heavy (non-hydrogen) atoms. The maximum Gasteiger partial charge on any atom is 0.169 e. The zero-order valence-electron chi connectivity index (χ0n) is 8.15. The third-order valence-electron chi connectivity index (χ3n) is 2.49. The molecular formula is C12H9F3. The van der Waals surface area contributed by atoms with E-state index in [0.29, 0.717) is 11.8 Å². The Kier molecular flexibility index (Phi) is 2.39. The predicted molar refractivity (Wildman–Crippen MR) is 53.2 cm³/mol. The van der Waals surface area contributed by atoms with E-state index in [1.807, 2.05) is 6.92 Å². The van der Waals surface area contributed by atoms with Crippen LogP contribution in [-0.4, -0.2) is 0 Å². The Bertz CT molecular complexity index is 518. The maximum absolute atomic E-state index is 13.4. The second-order valence-corrected chi connectivity index (χ2v) is 3.34. The minimum Gasteiger partial charge on any atom is -0.206 e. The standard InChI is InChI=1S/C12H9F3/c1-2-7-3-5-9(13)11-8(7)4-6-10(14)12(11)15/h3-6H,2H2,1H3. The highest BCUT2D eigenvalue weighted by molar-refractivity contribution is 5.87. The normalized spacial score (nSPS) is 10.9. The molecule has 0 saturated carbocycles. The first kappa shape index (κ1) is 10.0. The Morgan fingerprint density at radius 1 is 0.933 bits per heavy atom. The van der Waals surface area contributed by atoms with Gasteiger partial charge in [0.2, 0.25) is 0 Å². The average Bonchev–Trinajstić information content (AvgIpc) is 2.24. The van der Waals surface area contributed by atoms with Gasteiger partial charge in [-0.05, 0) is 29.5 Å². The van der Waals surface area contributed by atoms with Crippen LogP contribution < -0.4 is 0 Å². The van der Waals surface area contributed by atoms with Crippen molar-refractivity contribution in [3.05, 3.63) is 47.3 Å². The van der Waals surface area contributed by atoms with Gasteiger partial charge in [0.05, 0.1) is 5.39 Å². The number of benzene rings is 2. The predicted octanol–water partition coefficient (Wildman–Crippen LogP) is 3.82. The zero-order valence-corrected chi connectivity index (χ0v) is 8.15. The van der Waals surface area contributed by atoms with E-state index < -0.39 is 17.5 Å². The van der Waals surface area contributed by atoms with Crippen molar-refractivity contribution in [2.24, 2.45) is 0 Å². The lowest BCUT2D eigenvalue weighted by atomic mass is 10.0. The molecule has 0 fully saturated rings. The van der Waals surface area contributed by atoms with E-state index in [4.69, 9.17) is 0 Å². The Hall–Kier alpha value is -1.51. The van der Waals surface area contributed by atoms with Gasteiger partial charge in [-0.1, -0.05) is 19.1 Å². The van der Waals surface area contributed by atoms with Crippen molar-refractivity contribution >= 4 is 10.8 Å². The molecule has 0 spiro atoms. The molecule has 2 rings (SSSR count). The molecule has 0 aliphatic carbocycles. The molecule has 0 saturated heterocycles. The number of halogens is 3. The minimum absolute atomic E-state index is 0.255. The SMILES string of the molecule is CCc1ccc(F)c2c(F)c(F)ccc12. The third-order valence-corrected chi connectivity index (χ3v) is 2.49. The summed E-state index contributed by atoms with van der Waals surface area (Å²) >= 11 is 0. The Labute approximate surface area is 85.3 Å². The topological polar surface area (TPSA) is 0 Å². The first-order valence-electron chi connectivity index (χ1n) is 4.70. The van der Waals surface area contributed by atoms with Gasteiger partial charge >= 0.3 is 0 Å². The van der Waals surface area contributed by atoms with Crippen LogP contribution in [-0.2, 0) is 6.42 Å². The van der Waals surface area contributed by atoms with Crippen molar-refractivity contribution in [1.29, 1.82) is 0 Å². The molecule has 0 heterocycles. The monoisotopic (exact) mass is 210 g/mol. The molecular weight excluding hydrogens is 201 g/mol. The van der Waals surface area contributed by atoms with Crippen molar-refractivity contribution in [3.8, 4) is 0 Å². The van der Waals surface area contributed by atoms with E-state index in [9.17, 15) is 13.2 Å². The summed E-state index contributed by atoms with van der Waals surface area (Å²) in [5.41, 5.74) is 0.810. The average molecular weight is 210 g/mol. The summed E-state index contributed by atoms with van der Waals surface area (Å²) in [4.78, 5) is 0. The second kappa shape index (κ2) is 3.57. The number of aryl methyl sites for hydroxylation is 1. The van der Waals surface area contributed by atoms with E-state index in [-0.39, 0.29) is 5.39 Å². The molecule has 0 aliphatic heterocycles. The van der Waals surface area contributed by atoms with Crippen molar-refractivity contribution in [1.82, 2.24) is 0 Å². The second-order valence-electron chi connectivity index (χ2n) is 3.34. The van der Waals surface area contributed by atoms with Crippen LogP contribution in [0.5, 0.6) is 0 Å². The van der Waals surface area contributed by atoms with Crippen molar-refractivity contribution in [3.63, 3.8) is 0 Å². The van der Waals surface area contributed by atoms with Crippen molar-refractivity contribution in [2.45, 2.75) is 13.3 Å². The largest absolute Gasteiger partial charge is 0.206 e. The number of hydrogen-bond acceptors (Lipinski definition) is 0. The molecule has 0 atom stereocenters. The van der Waals surface area contributed by atoms with Gasteiger partial charge in [0.1, 0.15) is 5.82 Å². The van der Waals surface area contributed by atoms with E-state index in [2.05, 4.69) is 0 Å². The van der Waals surface area contributed by atoms with Crippen LogP contribution in [0.15, 0.2) is 24.3 Å². The molecule has 78 valence electrons. The summed E-state index contributed by atoms with van der Waals surface area (Å²) in [6, 6.07) is 5.20. The molecule has 0 N–H and O–H groups in total. The van der Waals surface area contributed by atoms with Gasteiger partial charge in [-0.2, -0.15) is 0 Å². The van der Waals surface area contributed by atoms with E-state index in [1.165, 1.54) is 12.1 Å². The fraction of sp³-hybridized carbons (Fsp3) is 0.167. The number of rotatable bonds is 1. The first-order chi connectivity index (χ1) is 7.15. The summed E-state index contributed by atoms with van der Waals surface area (Å²) in [5, 5.41) is 0.186. The fourth-order valence-corrected chi connectivity index (χ4v) is 1.71. The van der Waals surface area contributed by atoms with E-state index in [0.717, 1.165) is 11.6 Å². The molecule has 3 heteroatoms. The highest BCUT2D eigenvalue weighted by Crippen LogP contribution is 2.26. The first-order valence-corrected chi connectivity index (χ1v) is 4.70. The fourth-order valence-electron chi connectivity index (χ4n) is 1.71. The van der Waals surface area contributed by atoms with Gasteiger partial charge in [0.15, 0.2) is 11.6 Å². The minimum atomic E-state index is -1.11. The highest BCUT2D eigenvalue weighted by atomic mass is 19.2. The van der Waals surface area contributed by atoms with Crippen LogP contribution >= 0.6 is 0 Å². The van der Waals surface area contributed by atoms with Gasteiger partial charge < -0.3 is 0 Å². The zero-order chi connectivity index (χ0) is 11.0. The molecule has 0 amide bonds.